The summed E-state index contributed by atoms with van der Waals surface area (Å²) in [6, 6.07) is 8.46. The standard InChI is InChI=1S/C14H16N2O3/c1-2-10-15-14(19)16-12(8-9-13(17)18)11-6-4-3-5-7-11/h1,3-7,12H,8-10H2,(H,17,18)(H2,15,16,19). The number of benzene rings is 1. The van der Waals surface area contributed by atoms with Crippen LogP contribution in [0.2, 0.25) is 0 Å². The molecule has 0 fully saturated rings. The van der Waals surface area contributed by atoms with Crippen LogP contribution in [0.15, 0.2) is 30.3 Å². The average Bonchev–Trinajstić information content (AvgIpc) is 2.42. The highest BCUT2D eigenvalue weighted by Gasteiger charge is 2.15. The monoisotopic (exact) mass is 260 g/mol. The highest BCUT2D eigenvalue weighted by molar-refractivity contribution is 5.75. The molecule has 0 heterocycles. The third-order valence-electron chi connectivity index (χ3n) is 2.51. The summed E-state index contributed by atoms with van der Waals surface area (Å²) in [5, 5.41) is 13.9. The molecule has 100 valence electrons. The molecule has 0 saturated heterocycles. The number of urea groups is 1. The zero-order valence-electron chi connectivity index (χ0n) is 10.4. The lowest BCUT2D eigenvalue weighted by atomic mass is 10.0. The Morgan fingerprint density at radius 1 is 1.32 bits per heavy atom. The Morgan fingerprint density at radius 2 is 2.00 bits per heavy atom. The van der Waals surface area contributed by atoms with E-state index in [1.807, 2.05) is 30.3 Å². The van der Waals surface area contributed by atoms with Crippen molar-refractivity contribution in [1.29, 1.82) is 0 Å². The van der Waals surface area contributed by atoms with E-state index in [0.717, 1.165) is 5.56 Å². The summed E-state index contributed by atoms with van der Waals surface area (Å²) in [6.45, 7) is 0.131. The molecule has 1 atom stereocenters. The van der Waals surface area contributed by atoms with Crippen molar-refractivity contribution in [2.45, 2.75) is 18.9 Å². The van der Waals surface area contributed by atoms with Gasteiger partial charge >= 0.3 is 12.0 Å². The van der Waals surface area contributed by atoms with Crippen LogP contribution in [0.3, 0.4) is 0 Å². The smallest absolute Gasteiger partial charge is 0.316 e. The molecule has 19 heavy (non-hydrogen) atoms. The quantitative estimate of drug-likeness (QED) is 0.679. The van der Waals surface area contributed by atoms with E-state index in [-0.39, 0.29) is 19.0 Å². The van der Waals surface area contributed by atoms with Crippen molar-refractivity contribution in [3.63, 3.8) is 0 Å². The molecule has 0 bridgehead atoms. The van der Waals surface area contributed by atoms with Crippen LogP contribution in [0.25, 0.3) is 0 Å². The van der Waals surface area contributed by atoms with Crippen LogP contribution in [0.5, 0.6) is 0 Å². The topological polar surface area (TPSA) is 78.4 Å². The number of carbonyl (C=O) groups excluding carboxylic acids is 1. The maximum absolute atomic E-state index is 11.6. The molecule has 0 aliphatic carbocycles. The van der Waals surface area contributed by atoms with Crippen LogP contribution < -0.4 is 10.6 Å². The number of terminal acetylenes is 1. The number of aliphatic carboxylic acids is 1. The second kappa shape index (κ2) is 7.77. The van der Waals surface area contributed by atoms with Gasteiger partial charge in [-0.3, -0.25) is 4.79 Å². The van der Waals surface area contributed by atoms with Gasteiger partial charge in [0.25, 0.3) is 0 Å². The molecule has 1 aromatic carbocycles. The lowest BCUT2D eigenvalue weighted by Crippen LogP contribution is -2.38. The van der Waals surface area contributed by atoms with E-state index in [2.05, 4.69) is 16.6 Å². The maximum atomic E-state index is 11.6. The first-order chi connectivity index (χ1) is 9.13. The van der Waals surface area contributed by atoms with Crippen LogP contribution in [0.4, 0.5) is 4.79 Å². The first-order valence-electron chi connectivity index (χ1n) is 5.88. The van der Waals surface area contributed by atoms with Gasteiger partial charge in [0, 0.05) is 6.42 Å². The zero-order chi connectivity index (χ0) is 14.1. The summed E-state index contributed by atoms with van der Waals surface area (Å²) in [5.74, 6) is 1.40. The molecule has 1 unspecified atom stereocenters. The summed E-state index contributed by atoms with van der Waals surface area (Å²) < 4.78 is 0. The van der Waals surface area contributed by atoms with Crippen LogP contribution >= 0.6 is 0 Å². The third kappa shape index (κ3) is 5.59. The number of rotatable bonds is 6. The Morgan fingerprint density at radius 3 is 2.58 bits per heavy atom. The van der Waals surface area contributed by atoms with Crippen molar-refractivity contribution < 1.29 is 14.7 Å². The van der Waals surface area contributed by atoms with E-state index in [9.17, 15) is 9.59 Å². The molecule has 1 rings (SSSR count). The SMILES string of the molecule is C#CCNC(=O)NC(CCC(=O)O)c1ccccc1. The summed E-state index contributed by atoms with van der Waals surface area (Å²) in [4.78, 5) is 22.2. The summed E-state index contributed by atoms with van der Waals surface area (Å²) in [7, 11) is 0. The van der Waals surface area contributed by atoms with Crippen LogP contribution in [-0.4, -0.2) is 23.7 Å². The third-order valence-corrected chi connectivity index (χ3v) is 2.51. The largest absolute Gasteiger partial charge is 0.481 e. The van der Waals surface area contributed by atoms with Crippen molar-refractivity contribution >= 4 is 12.0 Å². The minimum atomic E-state index is -0.897. The molecular formula is C14H16N2O3. The zero-order valence-corrected chi connectivity index (χ0v) is 10.4. The van der Waals surface area contributed by atoms with Gasteiger partial charge in [-0.1, -0.05) is 36.3 Å². The molecular weight excluding hydrogens is 244 g/mol. The van der Waals surface area contributed by atoms with E-state index in [1.165, 1.54) is 0 Å². The van der Waals surface area contributed by atoms with Gasteiger partial charge in [0.05, 0.1) is 12.6 Å². The van der Waals surface area contributed by atoms with Gasteiger partial charge in [0.2, 0.25) is 0 Å². The van der Waals surface area contributed by atoms with Crippen LogP contribution in [0.1, 0.15) is 24.4 Å². The summed E-state index contributed by atoms with van der Waals surface area (Å²) in [5.41, 5.74) is 0.861. The Balaban J connectivity index is 2.67. The molecule has 5 heteroatoms. The second-order valence-corrected chi connectivity index (χ2v) is 3.93. The van der Waals surface area contributed by atoms with Gasteiger partial charge in [0.15, 0.2) is 0 Å². The fourth-order valence-electron chi connectivity index (χ4n) is 1.62. The minimum Gasteiger partial charge on any atom is -0.481 e. The molecule has 0 aromatic heterocycles. The molecule has 1 aromatic rings. The van der Waals surface area contributed by atoms with Gasteiger partial charge in [-0.25, -0.2) is 4.79 Å². The summed E-state index contributed by atoms with van der Waals surface area (Å²) in [6.07, 6.45) is 5.35. The number of carbonyl (C=O) groups is 2. The van der Waals surface area contributed by atoms with Gasteiger partial charge in [-0.15, -0.1) is 6.42 Å². The molecule has 5 nitrogen and oxygen atoms in total. The molecule has 0 aliphatic rings. The van der Waals surface area contributed by atoms with Gasteiger partial charge < -0.3 is 15.7 Å². The van der Waals surface area contributed by atoms with Crippen LogP contribution in [0, 0.1) is 12.3 Å². The number of hydrogen-bond acceptors (Lipinski definition) is 2. The molecule has 0 saturated carbocycles. The maximum Gasteiger partial charge on any atom is 0.316 e. The predicted octanol–water partition coefficient (Wildman–Crippen LogP) is 1.52. The van der Waals surface area contributed by atoms with Crippen molar-refractivity contribution in [2.75, 3.05) is 6.54 Å². The Labute approximate surface area is 112 Å². The Hall–Kier alpha value is -2.48. The predicted molar refractivity (Wildman–Crippen MR) is 71.4 cm³/mol. The highest BCUT2D eigenvalue weighted by Crippen LogP contribution is 2.18. The molecule has 0 aliphatic heterocycles. The first-order valence-corrected chi connectivity index (χ1v) is 5.88. The van der Waals surface area contributed by atoms with Gasteiger partial charge in [-0.2, -0.15) is 0 Å². The number of hydrogen-bond donors (Lipinski definition) is 3. The number of carboxylic acids is 1. The summed E-state index contributed by atoms with van der Waals surface area (Å²) >= 11 is 0. The molecule has 3 N–H and O–H groups in total. The Bertz CT molecular complexity index is 465. The number of amides is 2. The van der Waals surface area contributed by atoms with E-state index in [1.54, 1.807) is 0 Å². The fraction of sp³-hybridized carbons (Fsp3) is 0.286. The van der Waals surface area contributed by atoms with Crippen LogP contribution in [-0.2, 0) is 4.79 Å². The Kier molecular flexibility index (Phi) is 5.96. The average molecular weight is 260 g/mol. The van der Waals surface area contributed by atoms with Gasteiger partial charge in [-0.05, 0) is 12.0 Å². The number of nitrogens with one attached hydrogen (secondary N) is 2. The fourth-order valence-corrected chi connectivity index (χ4v) is 1.62. The lowest BCUT2D eigenvalue weighted by molar-refractivity contribution is -0.137. The molecule has 0 spiro atoms. The van der Waals surface area contributed by atoms with E-state index < -0.39 is 12.0 Å². The lowest BCUT2D eigenvalue weighted by Gasteiger charge is -2.18. The molecule has 2 amide bonds. The van der Waals surface area contributed by atoms with E-state index in [0.29, 0.717) is 6.42 Å². The number of carboxylic acid groups (broad SMARTS) is 1. The first kappa shape index (κ1) is 14.6. The van der Waals surface area contributed by atoms with Gasteiger partial charge in [0.1, 0.15) is 0 Å². The molecule has 0 radical (unpaired) electrons. The van der Waals surface area contributed by atoms with E-state index in [4.69, 9.17) is 11.5 Å². The second-order valence-electron chi connectivity index (χ2n) is 3.93. The van der Waals surface area contributed by atoms with Crippen molar-refractivity contribution in [2.24, 2.45) is 0 Å². The minimum absolute atomic E-state index is 0.0189. The van der Waals surface area contributed by atoms with E-state index >= 15 is 0 Å². The van der Waals surface area contributed by atoms with Crippen molar-refractivity contribution in [3.8, 4) is 12.3 Å². The normalized spacial score (nSPS) is 11.1. The highest BCUT2D eigenvalue weighted by atomic mass is 16.4. The van der Waals surface area contributed by atoms with Crippen molar-refractivity contribution in [3.05, 3.63) is 35.9 Å². The van der Waals surface area contributed by atoms with Crippen molar-refractivity contribution in [1.82, 2.24) is 10.6 Å².